The number of nitrogens with zero attached hydrogens (tertiary/aromatic N) is 2. The average molecular weight is 757 g/mol. The van der Waals surface area contributed by atoms with Crippen LogP contribution in [0.15, 0.2) is 156 Å². The second-order valence-corrected chi connectivity index (χ2v) is 10.5. The minimum Gasteiger partial charge on any atom is -0.455 e. The summed E-state index contributed by atoms with van der Waals surface area (Å²) in [6.45, 7) is 1.99. The van der Waals surface area contributed by atoms with Gasteiger partial charge in [-0.25, -0.2) is 0 Å². The molecule has 5 aromatic carbocycles. The van der Waals surface area contributed by atoms with E-state index in [9.17, 15) is 0 Å². The van der Waals surface area contributed by atoms with Crippen molar-refractivity contribution in [2.75, 3.05) is 0 Å². The van der Waals surface area contributed by atoms with Crippen molar-refractivity contribution >= 4 is 21.9 Å². The normalized spacial score (nSPS) is 10.6. The number of para-hydroxylation sites is 2. The molecule has 0 saturated carbocycles. The largest absolute Gasteiger partial charge is 0.455 e. The van der Waals surface area contributed by atoms with Gasteiger partial charge in [0.1, 0.15) is 11.2 Å². The van der Waals surface area contributed by atoms with Crippen molar-refractivity contribution in [1.82, 2.24) is 9.97 Å². The van der Waals surface area contributed by atoms with E-state index in [1.807, 2.05) is 92.0 Å². The second kappa shape index (κ2) is 13.7. The van der Waals surface area contributed by atoms with Crippen molar-refractivity contribution in [2.24, 2.45) is 0 Å². The maximum Gasteiger partial charge on any atom is 0.143 e. The molecule has 3 aromatic heterocycles. The van der Waals surface area contributed by atoms with E-state index in [-0.39, 0.29) is 20.1 Å². The van der Waals surface area contributed by atoms with Crippen molar-refractivity contribution in [2.45, 2.75) is 6.92 Å². The molecule has 45 heavy (non-hydrogen) atoms. The van der Waals surface area contributed by atoms with Crippen LogP contribution in [-0.2, 0) is 20.1 Å². The first-order valence-corrected chi connectivity index (χ1v) is 14.6. The Labute approximate surface area is 276 Å². The quantitative estimate of drug-likeness (QED) is 0.168. The fourth-order valence-electron chi connectivity index (χ4n) is 5.40. The number of pyridine rings is 2. The molecule has 0 saturated heterocycles. The molecule has 3 heterocycles. The zero-order chi connectivity index (χ0) is 29.7. The molecule has 3 nitrogen and oxygen atoms in total. The summed E-state index contributed by atoms with van der Waals surface area (Å²) in [4.78, 5) is 8.87. The molecule has 4 heteroatoms. The maximum atomic E-state index is 6.25. The van der Waals surface area contributed by atoms with E-state index < -0.39 is 0 Å². The predicted molar refractivity (Wildman–Crippen MR) is 180 cm³/mol. The van der Waals surface area contributed by atoms with Gasteiger partial charge in [-0.3, -0.25) is 0 Å². The Morgan fingerprint density at radius 1 is 0.556 bits per heavy atom. The molecule has 0 bridgehead atoms. The Bertz CT molecular complexity index is 2190. The smallest absolute Gasteiger partial charge is 0.143 e. The summed E-state index contributed by atoms with van der Waals surface area (Å²) in [5, 5.41) is 2.29. The van der Waals surface area contributed by atoms with E-state index >= 15 is 0 Å². The molecule has 0 aliphatic rings. The van der Waals surface area contributed by atoms with Crippen LogP contribution in [0.4, 0.5) is 0 Å². The monoisotopic (exact) mass is 757 g/mol. The number of furan rings is 1. The van der Waals surface area contributed by atoms with E-state index in [0.29, 0.717) is 0 Å². The van der Waals surface area contributed by atoms with E-state index in [4.69, 9.17) is 4.42 Å². The van der Waals surface area contributed by atoms with Crippen LogP contribution in [0.1, 0.15) is 5.69 Å². The van der Waals surface area contributed by atoms with Crippen LogP contribution < -0.4 is 0 Å². The summed E-state index contributed by atoms with van der Waals surface area (Å²) in [6.07, 6.45) is 1.81. The third-order valence-corrected chi connectivity index (χ3v) is 7.53. The maximum absolute atomic E-state index is 6.25. The fraction of sp³-hybridized carbons (Fsp3) is 0.0244. The van der Waals surface area contributed by atoms with Crippen molar-refractivity contribution < 1.29 is 24.5 Å². The van der Waals surface area contributed by atoms with Gasteiger partial charge in [-0.1, -0.05) is 78.9 Å². The molecule has 1 radical (unpaired) electrons. The zero-order valence-corrected chi connectivity index (χ0v) is 27.0. The molecule has 0 unspecified atom stereocenters. The molecule has 8 rings (SSSR count). The van der Waals surface area contributed by atoms with Crippen molar-refractivity contribution in [3.63, 3.8) is 0 Å². The van der Waals surface area contributed by atoms with Crippen LogP contribution in [0.2, 0.25) is 0 Å². The van der Waals surface area contributed by atoms with E-state index in [2.05, 4.69) is 88.8 Å². The third kappa shape index (κ3) is 6.53. The molecule has 0 aliphatic heterocycles. The van der Waals surface area contributed by atoms with Gasteiger partial charge in [0.05, 0.1) is 0 Å². The topological polar surface area (TPSA) is 38.9 Å². The van der Waals surface area contributed by atoms with E-state index in [1.165, 1.54) is 0 Å². The number of hydrogen-bond donors (Lipinski definition) is 0. The Kier molecular flexibility index (Phi) is 9.07. The molecular formula is C41H28IrN2O-2. The van der Waals surface area contributed by atoms with Gasteiger partial charge >= 0.3 is 0 Å². The molecular weight excluding hydrogens is 729 g/mol. The molecule has 0 fully saturated rings. The van der Waals surface area contributed by atoms with Gasteiger partial charge in [0.2, 0.25) is 0 Å². The van der Waals surface area contributed by atoms with Crippen molar-refractivity contribution in [3.8, 4) is 44.8 Å². The zero-order valence-electron chi connectivity index (χ0n) is 24.6. The molecule has 0 spiro atoms. The van der Waals surface area contributed by atoms with Gasteiger partial charge < -0.3 is 14.4 Å². The molecule has 8 aromatic rings. The fourth-order valence-corrected chi connectivity index (χ4v) is 5.40. The number of fused-ring (bicyclic) bond motifs is 3. The van der Waals surface area contributed by atoms with Gasteiger partial charge in [-0.15, -0.1) is 71.3 Å². The Hall–Kier alpha value is -5.15. The summed E-state index contributed by atoms with van der Waals surface area (Å²) in [5.41, 5.74) is 11.3. The van der Waals surface area contributed by atoms with Gasteiger partial charge in [0, 0.05) is 48.3 Å². The molecule has 0 aliphatic carbocycles. The summed E-state index contributed by atoms with van der Waals surface area (Å²) >= 11 is 0. The SMILES string of the molecule is Cc1cccc(-c2[c-]cccc2)n1.[Ir].[c-]1ccc(-c2cccc(-c3cccc4c3oc3ccccc34)c2)cc1-c1ccccn1. The Morgan fingerprint density at radius 3 is 2.13 bits per heavy atom. The van der Waals surface area contributed by atoms with Crippen molar-refractivity contribution in [3.05, 3.63) is 170 Å². The van der Waals surface area contributed by atoms with E-state index in [0.717, 1.165) is 72.4 Å². The van der Waals surface area contributed by atoms with Crippen LogP contribution in [-0.4, -0.2) is 9.97 Å². The Morgan fingerprint density at radius 2 is 1.29 bits per heavy atom. The third-order valence-electron chi connectivity index (χ3n) is 7.53. The number of rotatable bonds is 4. The first kappa shape index (κ1) is 29.9. The predicted octanol–water partition coefficient (Wildman–Crippen LogP) is 10.6. The first-order chi connectivity index (χ1) is 21.7. The van der Waals surface area contributed by atoms with Crippen molar-refractivity contribution in [1.29, 1.82) is 0 Å². The molecule has 0 atom stereocenters. The second-order valence-electron chi connectivity index (χ2n) is 10.5. The summed E-state index contributed by atoms with van der Waals surface area (Å²) in [7, 11) is 0. The molecule has 219 valence electrons. The van der Waals surface area contributed by atoms with Gasteiger partial charge in [0.25, 0.3) is 0 Å². The first-order valence-electron chi connectivity index (χ1n) is 14.6. The summed E-state index contributed by atoms with van der Waals surface area (Å²) < 4.78 is 6.25. The number of benzene rings is 5. The van der Waals surface area contributed by atoms with Crippen LogP contribution in [0.25, 0.3) is 66.7 Å². The number of aromatic nitrogens is 2. The van der Waals surface area contributed by atoms with Crippen LogP contribution in [0.3, 0.4) is 0 Å². The van der Waals surface area contributed by atoms with Gasteiger partial charge in [-0.2, -0.15) is 0 Å². The van der Waals surface area contributed by atoms with Gasteiger partial charge in [0.15, 0.2) is 0 Å². The minimum absolute atomic E-state index is 0. The standard InChI is InChI=1S/C29H18NO.C12H10N.Ir/c1-2-16-28-25(12-1)26-14-7-13-24(29(26)31-28)22-10-5-8-20(18-22)21-9-6-11-23(19-21)27-15-3-4-17-30-27;1-10-6-5-9-12(13-10)11-7-3-2-4-8-11;/h1-10,12-19H;2-7,9H,1H3;/q2*-1;. The summed E-state index contributed by atoms with van der Waals surface area (Å²) in [5.74, 6) is 0. The van der Waals surface area contributed by atoms with E-state index in [1.54, 1.807) is 0 Å². The molecule has 0 amide bonds. The summed E-state index contributed by atoms with van der Waals surface area (Å²) in [6, 6.07) is 55.6. The number of aryl methyl sites for hydroxylation is 1. The minimum atomic E-state index is 0. The van der Waals surface area contributed by atoms with Crippen LogP contribution in [0, 0.1) is 19.1 Å². The van der Waals surface area contributed by atoms with Crippen LogP contribution >= 0.6 is 0 Å². The Balaban J connectivity index is 0.000000215. The average Bonchev–Trinajstić information content (AvgIpc) is 3.49. The van der Waals surface area contributed by atoms with Crippen LogP contribution in [0.5, 0.6) is 0 Å². The number of hydrogen-bond acceptors (Lipinski definition) is 3. The molecule has 0 N–H and O–H groups in total. The van der Waals surface area contributed by atoms with Gasteiger partial charge in [-0.05, 0) is 53.7 Å².